The van der Waals surface area contributed by atoms with Gasteiger partial charge in [0.15, 0.2) is 0 Å². The van der Waals surface area contributed by atoms with Crippen LogP contribution in [0.2, 0.25) is 0 Å². The molecule has 0 atom stereocenters. The zero-order chi connectivity index (χ0) is 14.5. The lowest BCUT2D eigenvalue weighted by Gasteiger charge is -2.35. The molecule has 110 valence electrons. The molecule has 0 aromatic rings. The number of piperidine rings is 1. The Balaban J connectivity index is 2.68. The molecular weight excluding hydrogens is 246 g/mol. The van der Waals surface area contributed by atoms with Crippen molar-refractivity contribution in [3.63, 3.8) is 0 Å². The molecule has 2 amide bonds. The maximum Gasteiger partial charge on any atom is 0.329 e. The van der Waals surface area contributed by atoms with Gasteiger partial charge in [0.05, 0.1) is 0 Å². The Bertz CT molecular complexity index is 323. The van der Waals surface area contributed by atoms with Crippen LogP contribution in [-0.2, 0) is 4.79 Å². The number of carbonyl (C=O) groups is 2. The summed E-state index contributed by atoms with van der Waals surface area (Å²) in [6.45, 7) is 5.35. The highest BCUT2D eigenvalue weighted by molar-refractivity contribution is 5.86. The molecule has 0 spiro atoms. The van der Waals surface area contributed by atoms with Crippen molar-refractivity contribution in [3.05, 3.63) is 0 Å². The predicted octanol–water partition coefficient (Wildman–Crippen LogP) is 1.02. The van der Waals surface area contributed by atoms with Gasteiger partial charge in [-0.25, -0.2) is 9.59 Å². The smallest absolute Gasteiger partial charge is 0.329 e. The normalized spacial score (nSPS) is 17.0. The number of carboxylic acids is 1. The molecule has 6 nitrogen and oxygen atoms in total. The average Bonchev–Trinajstić information content (AvgIpc) is 2.44. The molecule has 1 aliphatic rings. The number of amides is 2. The molecule has 0 aliphatic carbocycles. The summed E-state index contributed by atoms with van der Waals surface area (Å²) >= 11 is 0. The number of nitrogens with one attached hydrogen (secondary N) is 2. The first-order chi connectivity index (χ1) is 8.96. The van der Waals surface area contributed by atoms with E-state index >= 15 is 0 Å². The van der Waals surface area contributed by atoms with E-state index in [4.69, 9.17) is 0 Å². The summed E-state index contributed by atoms with van der Waals surface area (Å²) in [7, 11) is 1.74. The lowest BCUT2D eigenvalue weighted by molar-refractivity contribution is -0.144. The van der Waals surface area contributed by atoms with Gasteiger partial charge in [0, 0.05) is 13.1 Å². The minimum Gasteiger partial charge on any atom is -0.480 e. The van der Waals surface area contributed by atoms with E-state index in [1.165, 1.54) is 0 Å². The van der Waals surface area contributed by atoms with Crippen molar-refractivity contribution in [2.24, 2.45) is 0 Å². The first kappa shape index (κ1) is 15.8. The minimum atomic E-state index is -1.15. The van der Waals surface area contributed by atoms with Gasteiger partial charge >= 0.3 is 12.0 Å². The Labute approximate surface area is 114 Å². The fourth-order valence-electron chi connectivity index (χ4n) is 2.44. The van der Waals surface area contributed by atoms with Gasteiger partial charge in [-0.15, -0.1) is 0 Å². The highest BCUT2D eigenvalue weighted by Gasteiger charge is 2.38. The van der Waals surface area contributed by atoms with E-state index in [1.807, 2.05) is 0 Å². The summed E-state index contributed by atoms with van der Waals surface area (Å²) in [5.74, 6) is -0.968. The number of hydrogen-bond acceptors (Lipinski definition) is 3. The highest BCUT2D eigenvalue weighted by Crippen LogP contribution is 2.17. The molecule has 1 saturated heterocycles. The van der Waals surface area contributed by atoms with Gasteiger partial charge in [-0.05, 0) is 38.8 Å². The predicted molar refractivity (Wildman–Crippen MR) is 73.1 cm³/mol. The molecule has 1 fully saturated rings. The Morgan fingerprint density at radius 3 is 2.26 bits per heavy atom. The molecule has 0 radical (unpaired) electrons. The maximum atomic E-state index is 12.2. The summed E-state index contributed by atoms with van der Waals surface area (Å²) in [5.41, 5.74) is -1.15. The third-order valence-electron chi connectivity index (χ3n) is 4.14. The largest absolute Gasteiger partial charge is 0.480 e. The number of nitrogens with zero attached hydrogens (tertiary/aromatic N) is 1. The number of carboxylic acid groups (broad SMARTS) is 1. The quantitative estimate of drug-likeness (QED) is 0.697. The molecule has 0 bridgehead atoms. The standard InChI is InChI=1S/C13H25N3O3/c1-4-13(5-2,11(17)18)15-12(19)16(3)10-6-8-14-9-7-10/h10,14H,4-9H2,1-3H3,(H,15,19)(H,17,18). The summed E-state index contributed by atoms with van der Waals surface area (Å²) in [5, 5.41) is 15.3. The number of rotatable bonds is 5. The molecular formula is C13H25N3O3. The molecule has 0 unspecified atom stereocenters. The van der Waals surface area contributed by atoms with Crippen LogP contribution in [0.3, 0.4) is 0 Å². The van der Waals surface area contributed by atoms with E-state index in [0.717, 1.165) is 25.9 Å². The molecule has 0 aromatic heterocycles. The van der Waals surface area contributed by atoms with Crippen molar-refractivity contribution >= 4 is 12.0 Å². The van der Waals surface area contributed by atoms with E-state index in [0.29, 0.717) is 12.8 Å². The average molecular weight is 271 g/mol. The lowest BCUT2D eigenvalue weighted by atomic mass is 9.93. The fourth-order valence-corrected chi connectivity index (χ4v) is 2.44. The number of hydrogen-bond donors (Lipinski definition) is 3. The van der Waals surface area contributed by atoms with Crippen LogP contribution in [0.1, 0.15) is 39.5 Å². The van der Waals surface area contributed by atoms with Crippen LogP contribution in [-0.4, -0.2) is 53.7 Å². The zero-order valence-corrected chi connectivity index (χ0v) is 12.0. The fraction of sp³-hybridized carbons (Fsp3) is 0.846. The van der Waals surface area contributed by atoms with Crippen molar-refractivity contribution in [2.75, 3.05) is 20.1 Å². The molecule has 0 saturated carbocycles. The topological polar surface area (TPSA) is 81.7 Å². The molecule has 0 aromatic carbocycles. The Kier molecular flexibility index (Phi) is 5.60. The zero-order valence-electron chi connectivity index (χ0n) is 12.0. The van der Waals surface area contributed by atoms with Crippen molar-refractivity contribution < 1.29 is 14.7 Å². The van der Waals surface area contributed by atoms with E-state index in [2.05, 4.69) is 10.6 Å². The summed E-state index contributed by atoms with van der Waals surface area (Å²) in [4.78, 5) is 25.2. The van der Waals surface area contributed by atoms with Gasteiger partial charge in [-0.1, -0.05) is 13.8 Å². The van der Waals surface area contributed by atoms with Gasteiger partial charge in [-0.3, -0.25) is 0 Å². The van der Waals surface area contributed by atoms with Crippen LogP contribution >= 0.6 is 0 Å². The highest BCUT2D eigenvalue weighted by atomic mass is 16.4. The second kappa shape index (κ2) is 6.75. The lowest BCUT2D eigenvalue weighted by Crippen LogP contribution is -2.58. The van der Waals surface area contributed by atoms with Gasteiger partial charge in [-0.2, -0.15) is 0 Å². The van der Waals surface area contributed by atoms with Gasteiger partial charge in [0.25, 0.3) is 0 Å². The van der Waals surface area contributed by atoms with E-state index < -0.39 is 11.5 Å². The summed E-state index contributed by atoms with van der Waals surface area (Å²) in [6, 6.07) is -0.112. The van der Waals surface area contributed by atoms with Crippen molar-refractivity contribution in [2.45, 2.75) is 51.1 Å². The molecule has 1 aliphatic heterocycles. The van der Waals surface area contributed by atoms with Crippen LogP contribution in [0.5, 0.6) is 0 Å². The van der Waals surface area contributed by atoms with Gasteiger partial charge < -0.3 is 20.6 Å². The van der Waals surface area contributed by atoms with Gasteiger partial charge in [0.1, 0.15) is 5.54 Å². The Morgan fingerprint density at radius 2 is 1.84 bits per heavy atom. The SMILES string of the molecule is CCC(CC)(NC(=O)N(C)C1CCNCC1)C(=O)O. The monoisotopic (exact) mass is 271 g/mol. The second-order valence-electron chi connectivity index (χ2n) is 5.12. The van der Waals surface area contributed by atoms with Crippen LogP contribution in [0.25, 0.3) is 0 Å². The number of carbonyl (C=O) groups excluding carboxylic acids is 1. The van der Waals surface area contributed by atoms with Crippen LogP contribution in [0.4, 0.5) is 4.79 Å². The Morgan fingerprint density at radius 1 is 1.32 bits per heavy atom. The molecule has 1 rings (SSSR count). The summed E-state index contributed by atoms with van der Waals surface area (Å²) < 4.78 is 0. The molecule has 1 heterocycles. The maximum absolute atomic E-state index is 12.2. The first-order valence-electron chi connectivity index (χ1n) is 6.96. The van der Waals surface area contributed by atoms with Crippen LogP contribution < -0.4 is 10.6 Å². The van der Waals surface area contributed by atoms with Crippen LogP contribution in [0, 0.1) is 0 Å². The number of urea groups is 1. The molecule has 3 N–H and O–H groups in total. The van der Waals surface area contributed by atoms with Crippen LogP contribution in [0.15, 0.2) is 0 Å². The Hall–Kier alpha value is -1.30. The van der Waals surface area contributed by atoms with E-state index in [-0.39, 0.29) is 12.1 Å². The molecule has 6 heteroatoms. The van der Waals surface area contributed by atoms with Crippen molar-refractivity contribution in [1.29, 1.82) is 0 Å². The second-order valence-corrected chi connectivity index (χ2v) is 5.12. The summed E-state index contributed by atoms with van der Waals surface area (Å²) in [6.07, 6.45) is 2.57. The third kappa shape index (κ3) is 3.59. The minimum absolute atomic E-state index is 0.182. The third-order valence-corrected chi connectivity index (χ3v) is 4.14. The van der Waals surface area contributed by atoms with E-state index in [1.54, 1.807) is 25.8 Å². The van der Waals surface area contributed by atoms with Gasteiger partial charge in [0.2, 0.25) is 0 Å². The van der Waals surface area contributed by atoms with Crippen molar-refractivity contribution in [1.82, 2.24) is 15.5 Å². The molecule has 19 heavy (non-hydrogen) atoms. The van der Waals surface area contributed by atoms with Crippen molar-refractivity contribution in [3.8, 4) is 0 Å². The van der Waals surface area contributed by atoms with E-state index in [9.17, 15) is 14.7 Å². The number of aliphatic carboxylic acids is 1. The first-order valence-corrected chi connectivity index (χ1v) is 6.96.